The second kappa shape index (κ2) is 5.81. The fourth-order valence-corrected chi connectivity index (χ4v) is 2.10. The van der Waals surface area contributed by atoms with Gasteiger partial charge < -0.3 is 4.74 Å². The first kappa shape index (κ1) is 13.5. The molecule has 19 heavy (non-hydrogen) atoms. The molecule has 0 aliphatic carbocycles. The molecule has 0 heterocycles. The summed E-state index contributed by atoms with van der Waals surface area (Å²) in [5.41, 5.74) is 0.429. The molecule has 0 atom stereocenters. The van der Waals surface area contributed by atoms with Crippen LogP contribution in [0, 0.1) is 23.0 Å². The van der Waals surface area contributed by atoms with Crippen LogP contribution in [0.1, 0.15) is 11.1 Å². The topological polar surface area (TPSA) is 33.0 Å². The molecule has 0 radical (unpaired) electrons. The number of nitrogens with zero attached hydrogens (tertiary/aromatic N) is 1. The summed E-state index contributed by atoms with van der Waals surface area (Å²) in [7, 11) is 0. The van der Waals surface area contributed by atoms with Crippen LogP contribution in [0.2, 0.25) is 0 Å². The summed E-state index contributed by atoms with van der Waals surface area (Å²) in [5.74, 6) is -0.893. The standard InChI is InChI=1S/C14H8BrF2NO/c15-10-4-9(5-11(16)6-10)8-19-14-3-1-2-13(17)12(14)7-18/h1-6H,8H2. The van der Waals surface area contributed by atoms with Gasteiger partial charge in [0.2, 0.25) is 0 Å². The Bertz CT molecular complexity index is 632. The zero-order valence-electron chi connectivity index (χ0n) is 9.66. The van der Waals surface area contributed by atoms with Crippen molar-refractivity contribution in [2.75, 3.05) is 0 Å². The van der Waals surface area contributed by atoms with Gasteiger partial charge in [-0.05, 0) is 35.9 Å². The molecule has 2 aromatic rings. The average Bonchev–Trinajstić information content (AvgIpc) is 2.35. The summed E-state index contributed by atoms with van der Waals surface area (Å²) in [4.78, 5) is 0. The van der Waals surface area contributed by atoms with Crippen molar-refractivity contribution in [1.29, 1.82) is 5.26 Å². The lowest BCUT2D eigenvalue weighted by Crippen LogP contribution is -1.99. The Morgan fingerprint density at radius 1 is 1.21 bits per heavy atom. The Balaban J connectivity index is 2.19. The molecule has 96 valence electrons. The molecule has 0 unspecified atom stereocenters. The van der Waals surface area contributed by atoms with Gasteiger partial charge in [0.05, 0.1) is 0 Å². The SMILES string of the molecule is N#Cc1c(F)cccc1OCc1cc(F)cc(Br)c1. The maximum atomic E-state index is 13.3. The van der Waals surface area contributed by atoms with Gasteiger partial charge in [0, 0.05) is 4.47 Å². The summed E-state index contributed by atoms with van der Waals surface area (Å²) >= 11 is 3.17. The fourth-order valence-electron chi connectivity index (χ4n) is 1.59. The average molecular weight is 324 g/mol. The van der Waals surface area contributed by atoms with Crippen molar-refractivity contribution in [2.45, 2.75) is 6.61 Å². The number of hydrogen-bond acceptors (Lipinski definition) is 2. The Morgan fingerprint density at radius 3 is 2.68 bits per heavy atom. The summed E-state index contributed by atoms with van der Waals surface area (Å²) in [5, 5.41) is 8.85. The lowest BCUT2D eigenvalue weighted by Gasteiger charge is -2.08. The molecule has 0 spiro atoms. The molecule has 2 aromatic carbocycles. The van der Waals surface area contributed by atoms with E-state index in [1.54, 1.807) is 12.1 Å². The van der Waals surface area contributed by atoms with Crippen LogP contribution in [-0.2, 0) is 6.61 Å². The van der Waals surface area contributed by atoms with Crippen molar-refractivity contribution >= 4 is 15.9 Å². The third-order valence-electron chi connectivity index (χ3n) is 2.40. The van der Waals surface area contributed by atoms with Crippen molar-refractivity contribution in [2.24, 2.45) is 0 Å². The van der Waals surface area contributed by atoms with E-state index in [0.717, 1.165) is 0 Å². The van der Waals surface area contributed by atoms with Gasteiger partial charge in [0.15, 0.2) is 0 Å². The third kappa shape index (κ3) is 3.30. The predicted octanol–water partition coefficient (Wildman–Crippen LogP) is 4.18. The number of halogens is 3. The molecule has 0 saturated carbocycles. The molecule has 0 bridgehead atoms. The molecular weight excluding hydrogens is 316 g/mol. The van der Waals surface area contributed by atoms with E-state index >= 15 is 0 Å². The van der Waals surface area contributed by atoms with Gasteiger partial charge in [-0.1, -0.05) is 22.0 Å². The van der Waals surface area contributed by atoms with Crippen LogP contribution in [0.25, 0.3) is 0 Å². The molecule has 0 saturated heterocycles. The highest BCUT2D eigenvalue weighted by molar-refractivity contribution is 9.10. The fraction of sp³-hybridized carbons (Fsp3) is 0.0714. The van der Waals surface area contributed by atoms with E-state index in [1.807, 2.05) is 0 Å². The van der Waals surface area contributed by atoms with Gasteiger partial charge in [0.1, 0.15) is 35.6 Å². The molecule has 0 aromatic heterocycles. The molecule has 0 N–H and O–H groups in total. The van der Waals surface area contributed by atoms with E-state index < -0.39 is 11.6 Å². The van der Waals surface area contributed by atoms with Crippen LogP contribution >= 0.6 is 15.9 Å². The number of nitriles is 1. The second-order valence-electron chi connectivity index (χ2n) is 3.79. The molecular formula is C14H8BrF2NO. The Hall–Kier alpha value is -1.93. The summed E-state index contributed by atoms with van der Waals surface area (Å²) in [6, 6.07) is 10.2. The number of rotatable bonds is 3. The highest BCUT2D eigenvalue weighted by Crippen LogP contribution is 2.22. The van der Waals surface area contributed by atoms with E-state index in [1.165, 1.54) is 30.3 Å². The third-order valence-corrected chi connectivity index (χ3v) is 2.86. The molecule has 2 rings (SSSR count). The summed E-state index contributed by atoms with van der Waals surface area (Å²) in [6.45, 7) is 0.0501. The first-order chi connectivity index (χ1) is 9.10. The van der Waals surface area contributed by atoms with Crippen LogP contribution in [-0.4, -0.2) is 0 Å². The minimum atomic E-state index is -0.638. The van der Waals surface area contributed by atoms with Crippen molar-refractivity contribution in [1.82, 2.24) is 0 Å². The van der Waals surface area contributed by atoms with Crippen LogP contribution in [0.3, 0.4) is 0 Å². The van der Waals surface area contributed by atoms with Gasteiger partial charge in [-0.15, -0.1) is 0 Å². The highest BCUT2D eigenvalue weighted by Gasteiger charge is 2.09. The first-order valence-corrected chi connectivity index (χ1v) is 6.16. The van der Waals surface area contributed by atoms with Gasteiger partial charge in [-0.2, -0.15) is 5.26 Å². The number of benzene rings is 2. The lowest BCUT2D eigenvalue weighted by atomic mass is 10.2. The molecule has 0 aliphatic rings. The van der Waals surface area contributed by atoms with Crippen molar-refractivity contribution in [3.8, 4) is 11.8 Å². The predicted molar refractivity (Wildman–Crippen MR) is 69.5 cm³/mol. The van der Waals surface area contributed by atoms with E-state index in [4.69, 9.17) is 10.00 Å². The van der Waals surface area contributed by atoms with Crippen molar-refractivity contribution < 1.29 is 13.5 Å². The molecule has 5 heteroatoms. The Kier molecular flexibility index (Phi) is 4.13. The van der Waals surface area contributed by atoms with Crippen molar-refractivity contribution in [3.05, 3.63) is 63.6 Å². The van der Waals surface area contributed by atoms with Gasteiger partial charge in [-0.25, -0.2) is 8.78 Å². The Morgan fingerprint density at radius 2 is 2.00 bits per heavy atom. The van der Waals surface area contributed by atoms with Crippen molar-refractivity contribution in [3.63, 3.8) is 0 Å². The second-order valence-corrected chi connectivity index (χ2v) is 4.71. The largest absolute Gasteiger partial charge is 0.487 e. The summed E-state index contributed by atoms with van der Waals surface area (Å²) in [6.07, 6.45) is 0. The maximum Gasteiger partial charge on any atom is 0.144 e. The maximum absolute atomic E-state index is 13.3. The zero-order chi connectivity index (χ0) is 13.8. The van der Waals surface area contributed by atoms with Crippen LogP contribution in [0.15, 0.2) is 40.9 Å². The van der Waals surface area contributed by atoms with E-state index in [2.05, 4.69) is 15.9 Å². The lowest BCUT2D eigenvalue weighted by molar-refractivity contribution is 0.303. The number of hydrogen-bond donors (Lipinski definition) is 0. The van der Waals surface area contributed by atoms with Gasteiger partial charge >= 0.3 is 0 Å². The van der Waals surface area contributed by atoms with Crippen LogP contribution in [0.4, 0.5) is 8.78 Å². The van der Waals surface area contributed by atoms with E-state index in [0.29, 0.717) is 10.0 Å². The number of ether oxygens (including phenoxy) is 1. The minimum absolute atomic E-state index is 0.0501. The minimum Gasteiger partial charge on any atom is -0.487 e. The normalized spacial score (nSPS) is 10.0. The Labute approximate surface area is 117 Å². The van der Waals surface area contributed by atoms with Gasteiger partial charge in [-0.3, -0.25) is 0 Å². The smallest absolute Gasteiger partial charge is 0.144 e. The molecule has 0 amide bonds. The van der Waals surface area contributed by atoms with Crippen LogP contribution in [0.5, 0.6) is 5.75 Å². The quantitative estimate of drug-likeness (QED) is 0.849. The zero-order valence-corrected chi connectivity index (χ0v) is 11.2. The van der Waals surface area contributed by atoms with E-state index in [9.17, 15) is 8.78 Å². The first-order valence-electron chi connectivity index (χ1n) is 5.36. The van der Waals surface area contributed by atoms with Gasteiger partial charge in [0.25, 0.3) is 0 Å². The van der Waals surface area contributed by atoms with Crippen LogP contribution < -0.4 is 4.74 Å². The highest BCUT2D eigenvalue weighted by atomic mass is 79.9. The van der Waals surface area contributed by atoms with E-state index in [-0.39, 0.29) is 17.9 Å². The molecule has 0 fully saturated rings. The molecule has 0 aliphatic heterocycles. The summed E-state index contributed by atoms with van der Waals surface area (Å²) < 4.78 is 32.4. The monoisotopic (exact) mass is 323 g/mol. The molecule has 2 nitrogen and oxygen atoms in total.